The fourth-order valence-corrected chi connectivity index (χ4v) is 1.58. The van der Waals surface area contributed by atoms with Crippen LogP contribution in [-0.4, -0.2) is 28.0 Å². The fourth-order valence-electron chi connectivity index (χ4n) is 1.37. The largest absolute Gasteiger partial charge is 0.394 e. The van der Waals surface area contributed by atoms with Gasteiger partial charge in [-0.05, 0) is 11.3 Å². The number of nitrogens with one attached hydrogen (secondary N) is 1. The topological polar surface area (TPSA) is 67.2 Å². The molecule has 1 heterocycles. The lowest BCUT2D eigenvalue weighted by molar-refractivity contribution is 0.265. The smallest absolute Gasteiger partial charge is 0.287 e. The molecule has 1 rings (SSSR count). The lowest BCUT2D eigenvalue weighted by Crippen LogP contribution is -2.30. The van der Waals surface area contributed by atoms with E-state index in [2.05, 4.69) is 38.1 Å². The van der Waals surface area contributed by atoms with Gasteiger partial charge >= 0.3 is 0 Å². The molecule has 0 aliphatic carbocycles. The van der Waals surface area contributed by atoms with Crippen molar-refractivity contribution in [1.29, 1.82) is 0 Å². The highest BCUT2D eigenvalue weighted by Crippen LogP contribution is 2.27. The lowest BCUT2D eigenvalue weighted by Gasteiger charge is -2.29. The molecule has 6 heteroatoms. The Kier molecular flexibility index (Phi) is 5.38. The molecular weight excluding hydrogens is 266 g/mol. The maximum absolute atomic E-state index is 11.9. The van der Waals surface area contributed by atoms with E-state index in [1.165, 1.54) is 6.20 Å². The summed E-state index contributed by atoms with van der Waals surface area (Å²) in [5, 5.41) is 16.1. The summed E-state index contributed by atoms with van der Waals surface area (Å²) in [5.74, 6) is 0.501. The summed E-state index contributed by atoms with van der Waals surface area (Å²) in [6.45, 7) is 9.32. The van der Waals surface area contributed by atoms with Crippen LogP contribution in [-0.2, 0) is 6.54 Å². The van der Waals surface area contributed by atoms with E-state index in [-0.39, 0.29) is 29.1 Å². The maximum Gasteiger partial charge on any atom is 0.287 e. The van der Waals surface area contributed by atoms with Crippen molar-refractivity contribution in [2.75, 3.05) is 18.5 Å². The van der Waals surface area contributed by atoms with Gasteiger partial charge in [0.25, 0.3) is 5.56 Å². The van der Waals surface area contributed by atoms with Crippen molar-refractivity contribution >= 4 is 17.3 Å². The Morgan fingerprint density at radius 1 is 1.53 bits per heavy atom. The molecule has 0 unspecified atom stereocenters. The van der Waals surface area contributed by atoms with Crippen LogP contribution in [0.4, 0.5) is 5.69 Å². The molecule has 0 saturated heterocycles. The number of hydrogen-bond donors (Lipinski definition) is 2. The lowest BCUT2D eigenvalue weighted by atomic mass is 9.81. The van der Waals surface area contributed by atoms with Gasteiger partial charge in [0.05, 0.1) is 25.0 Å². The number of nitrogens with zero attached hydrogens (tertiary/aromatic N) is 2. The summed E-state index contributed by atoms with van der Waals surface area (Å²) in [4.78, 5) is 11.9. The highest BCUT2D eigenvalue weighted by molar-refractivity contribution is 6.32. The summed E-state index contributed by atoms with van der Waals surface area (Å²) in [6.07, 6.45) is 1.52. The average molecular weight is 288 g/mol. The first-order chi connectivity index (χ1) is 8.79. The van der Waals surface area contributed by atoms with Crippen LogP contribution in [0.1, 0.15) is 27.7 Å². The Bertz CT molecular complexity index is 483. The number of anilines is 1. The molecule has 0 saturated carbocycles. The highest BCUT2D eigenvalue weighted by atomic mass is 35.5. The van der Waals surface area contributed by atoms with Crippen molar-refractivity contribution < 1.29 is 5.11 Å². The van der Waals surface area contributed by atoms with Crippen LogP contribution in [0.25, 0.3) is 0 Å². The van der Waals surface area contributed by atoms with Gasteiger partial charge in [-0.2, -0.15) is 5.10 Å². The van der Waals surface area contributed by atoms with Gasteiger partial charge in [0.2, 0.25) is 0 Å². The molecule has 0 atom stereocenters. The Labute approximate surface area is 118 Å². The number of rotatable bonds is 6. The first kappa shape index (κ1) is 16.0. The van der Waals surface area contributed by atoms with Gasteiger partial charge in [-0.15, -0.1) is 0 Å². The van der Waals surface area contributed by atoms with Gasteiger partial charge in [-0.25, -0.2) is 4.68 Å². The van der Waals surface area contributed by atoms with Gasteiger partial charge < -0.3 is 10.4 Å². The molecule has 0 amide bonds. The van der Waals surface area contributed by atoms with E-state index in [0.29, 0.717) is 18.2 Å². The zero-order valence-corrected chi connectivity index (χ0v) is 12.7. The average Bonchev–Trinajstić information content (AvgIpc) is 2.34. The van der Waals surface area contributed by atoms with Gasteiger partial charge in [-0.3, -0.25) is 4.79 Å². The second-order valence-corrected chi connectivity index (χ2v) is 6.00. The van der Waals surface area contributed by atoms with Crippen molar-refractivity contribution in [3.63, 3.8) is 0 Å². The third kappa shape index (κ3) is 3.94. The number of halogens is 1. The van der Waals surface area contributed by atoms with E-state index >= 15 is 0 Å². The zero-order chi connectivity index (χ0) is 14.6. The van der Waals surface area contributed by atoms with E-state index in [1.807, 2.05) is 0 Å². The Balaban J connectivity index is 2.87. The summed E-state index contributed by atoms with van der Waals surface area (Å²) in [5.41, 5.74) is 0.237. The molecule has 0 aromatic carbocycles. The molecular formula is C13H22ClN3O2. The molecule has 1 aromatic heterocycles. The second-order valence-electron chi connectivity index (χ2n) is 5.62. The molecule has 0 spiro atoms. The number of aliphatic hydroxyl groups excluding tert-OH is 1. The van der Waals surface area contributed by atoms with Crippen LogP contribution in [0.15, 0.2) is 11.0 Å². The van der Waals surface area contributed by atoms with Crippen LogP contribution in [0, 0.1) is 11.3 Å². The predicted molar refractivity (Wildman–Crippen MR) is 77.7 cm³/mol. The molecule has 0 bridgehead atoms. The molecule has 2 N–H and O–H groups in total. The van der Waals surface area contributed by atoms with Crippen molar-refractivity contribution in [1.82, 2.24) is 9.78 Å². The molecule has 19 heavy (non-hydrogen) atoms. The van der Waals surface area contributed by atoms with Crippen molar-refractivity contribution in [3.8, 4) is 0 Å². The number of aromatic nitrogens is 2. The molecule has 1 aromatic rings. The Morgan fingerprint density at radius 2 is 2.16 bits per heavy atom. The molecule has 108 valence electrons. The quantitative estimate of drug-likeness (QED) is 0.840. The minimum Gasteiger partial charge on any atom is -0.394 e. The molecule has 0 aliphatic rings. The van der Waals surface area contributed by atoms with Crippen molar-refractivity contribution in [2.45, 2.75) is 34.2 Å². The molecule has 5 nitrogen and oxygen atoms in total. The van der Waals surface area contributed by atoms with Gasteiger partial charge in [0, 0.05) is 6.54 Å². The van der Waals surface area contributed by atoms with Crippen LogP contribution in [0.5, 0.6) is 0 Å². The second kappa shape index (κ2) is 6.39. The third-order valence-electron chi connectivity index (χ3n) is 3.59. The van der Waals surface area contributed by atoms with E-state index in [0.717, 1.165) is 4.68 Å². The van der Waals surface area contributed by atoms with Crippen LogP contribution in [0.3, 0.4) is 0 Å². The van der Waals surface area contributed by atoms with Crippen LogP contribution >= 0.6 is 11.6 Å². The molecule has 0 aliphatic heterocycles. The SMILES string of the molecule is CC(C)C(C)(C)CNc1cnn(CCO)c(=O)c1Cl. The summed E-state index contributed by atoms with van der Waals surface area (Å²) in [6, 6.07) is 0. The Hall–Kier alpha value is -1.07. The minimum absolute atomic E-state index is 0.0866. The Morgan fingerprint density at radius 3 is 2.68 bits per heavy atom. The van der Waals surface area contributed by atoms with E-state index in [9.17, 15) is 4.79 Å². The van der Waals surface area contributed by atoms with E-state index < -0.39 is 0 Å². The van der Waals surface area contributed by atoms with Crippen LogP contribution in [0.2, 0.25) is 5.02 Å². The summed E-state index contributed by atoms with van der Waals surface area (Å²) in [7, 11) is 0. The number of hydrogen-bond acceptors (Lipinski definition) is 4. The first-order valence-corrected chi connectivity index (χ1v) is 6.77. The zero-order valence-electron chi connectivity index (χ0n) is 11.9. The highest BCUT2D eigenvalue weighted by Gasteiger charge is 2.22. The van der Waals surface area contributed by atoms with Crippen LogP contribution < -0.4 is 10.9 Å². The summed E-state index contributed by atoms with van der Waals surface area (Å²) < 4.78 is 1.15. The fraction of sp³-hybridized carbons (Fsp3) is 0.692. The van der Waals surface area contributed by atoms with E-state index in [1.54, 1.807) is 0 Å². The summed E-state index contributed by atoms with van der Waals surface area (Å²) >= 11 is 6.03. The normalized spacial score (nSPS) is 11.9. The van der Waals surface area contributed by atoms with Gasteiger partial charge in [0.15, 0.2) is 0 Å². The molecule has 0 radical (unpaired) electrons. The molecule has 0 fully saturated rings. The van der Waals surface area contributed by atoms with Gasteiger partial charge in [-0.1, -0.05) is 39.3 Å². The van der Waals surface area contributed by atoms with Gasteiger partial charge in [0.1, 0.15) is 5.02 Å². The monoisotopic (exact) mass is 287 g/mol. The first-order valence-electron chi connectivity index (χ1n) is 6.40. The maximum atomic E-state index is 11.9. The third-order valence-corrected chi connectivity index (χ3v) is 3.96. The number of aliphatic hydroxyl groups is 1. The standard InChI is InChI=1S/C13H22ClN3O2/c1-9(2)13(3,4)8-15-10-7-16-17(5-6-18)12(19)11(10)14/h7,9,15,18H,5-6,8H2,1-4H3. The van der Waals surface area contributed by atoms with Crippen molar-refractivity contribution in [3.05, 3.63) is 21.6 Å². The van der Waals surface area contributed by atoms with E-state index in [4.69, 9.17) is 16.7 Å². The van der Waals surface area contributed by atoms with Crippen molar-refractivity contribution in [2.24, 2.45) is 11.3 Å². The minimum atomic E-state index is -0.386. The predicted octanol–water partition coefficient (Wildman–Crippen LogP) is 1.98.